The number of hydrogen-bond donors (Lipinski definition) is 0. The monoisotopic (exact) mass is 233 g/mol. The fourth-order valence-electron chi connectivity index (χ4n) is 2.35. The highest BCUT2D eigenvalue weighted by Crippen LogP contribution is 2.19. The van der Waals surface area contributed by atoms with E-state index in [9.17, 15) is 0 Å². The van der Waals surface area contributed by atoms with Crippen molar-refractivity contribution in [3.63, 3.8) is 0 Å². The Bertz CT molecular complexity index is 382. The summed E-state index contributed by atoms with van der Waals surface area (Å²) in [5.41, 5.74) is 0. The summed E-state index contributed by atoms with van der Waals surface area (Å²) in [7, 11) is 2.12. The highest BCUT2D eigenvalue weighted by atomic mass is 16.3. The smallest absolute Gasteiger partial charge is 0.117 e. The molecule has 2 unspecified atom stereocenters. The summed E-state index contributed by atoms with van der Waals surface area (Å²) in [6.07, 6.45) is 2.28. The van der Waals surface area contributed by atoms with Crippen LogP contribution in [0.1, 0.15) is 19.1 Å². The standard InChI is InChI=1S/C13H19N3O/c1-11-8-16(10-13-4-3-7-17-13)12(5-6-14)9-15(11)2/h3-4,7,11-12H,5,8-10H2,1-2H3. The van der Waals surface area contributed by atoms with Crippen LogP contribution in [0.15, 0.2) is 22.8 Å². The summed E-state index contributed by atoms with van der Waals surface area (Å²) in [4.78, 5) is 4.67. The second kappa shape index (κ2) is 5.35. The van der Waals surface area contributed by atoms with Crippen molar-refractivity contribution in [2.24, 2.45) is 0 Å². The Morgan fingerprint density at radius 1 is 1.53 bits per heavy atom. The molecule has 0 N–H and O–H groups in total. The summed E-state index contributed by atoms with van der Waals surface area (Å²) in [6.45, 7) is 4.97. The topological polar surface area (TPSA) is 43.4 Å². The average molecular weight is 233 g/mol. The Morgan fingerprint density at radius 3 is 3.00 bits per heavy atom. The largest absolute Gasteiger partial charge is 0.468 e. The molecule has 1 aliphatic rings. The van der Waals surface area contributed by atoms with Crippen molar-refractivity contribution in [2.45, 2.75) is 32.0 Å². The zero-order valence-electron chi connectivity index (χ0n) is 10.5. The number of rotatable bonds is 3. The van der Waals surface area contributed by atoms with E-state index in [-0.39, 0.29) is 0 Å². The molecular formula is C13H19N3O. The number of nitrogens with zero attached hydrogens (tertiary/aromatic N) is 3. The molecule has 2 heterocycles. The van der Waals surface area contributed by atoms with Crippen LogP contribution in [0.4, 0.5) is 0 Å². The number of furan rings is 1. The summed E-state index contributed by atoms with van der Waals surface area (Å²) in [6, 6.07) is 7.03. The van der Waals surface area contributed by atoms with Gasteiger partial charge in [-0.15, -0.1) is 0 Å². The molecule has 0 radical (unpaired) electrons. The van der Waals surface area contributed by atoms with Crippen LogP contribution in [0.25, 0.3) is 0 Å². The van der Waals surface area contributed by atoms with E-state index in [1.165, 1.54) is 0 Å². The maximum atomic E-state index is 8.90. The molecular weight excluding hydrogens is 214 g/mol. The van der Waals surface area contributed by atoms with E-state index >= 15 is 0 Å². The molecule has 0 spiro atoms. The lowest BCUT2D eigenvalue weighted by Crippen LogP contribution is -2.55. The van der Waals surface area contributed by atoms with Gasteiger partial charge in [-0.3, -0.25) is 4.90 Å². The highest BCUT2D eigenvalue weighted by Gasteiger charge is 2.29. The maximum Gasteiger partial charge on any atom is 0.117 e. The Balaban J connectivity index is 2.04. The maximum absolute atomic E-state index is 8.90. The van der Waals surface area contributed by atoms with Gasteiger partial charge in [0.2, 0.25) is 0 Å². The van der Waals surface area contributed by atoms with Gasteiger partial charge in [0.15, 0.2) is 0 Å². The third-order valence-corrected chi connectivity index (χ3v) is 3.53. The molecule has 2 rings (SSSR count). The lowest BCUT2D eigenvalue weighted by molar-refractivity contribution is 0.0435. The van der Waals surface area contributed by atoms with Gasteiger partial charge in [0.1, 0.15) is 5.76 Å². The van der Waals surface area contributed by atoms with Crippen LogP contribution < -0.4 is 0 Å². The molecule has 0 aromatic carbocycles. The van der Waals surface area contributed by atoms with Crippen molar-refractivity contribution in [1.29, 1.82) is 5.26 Å². The molecule has 1 aromatic rings. The summed E-state index contributed by atoms with van der Waals surface area (Å²) in [5, 5.41) is 8.90. The molecule has 17 heavy (non-hydrogen) atoms. The van der Waals surface area contributed by atoms with Gasteiger partial charge in [-0.2, -0.15) is 5.26 Å². The average Bonchev–Trinajstić information content (AvgIpc) is 2.78. The number of likely N-dealkylation sites (N-methyl/N-ethyl adjacent to an activating group) is 1. The van der Waals surface area contributed by atoms with Gasteiger partial charge in [-0.05, 0) is 26.1 Å². The van der Waals surface area contributed by atoms with E-state index in [2.05, 4.69) is 29.8 Å². The van der Waals surface area contributed by atoms with E-state index in [0.29, 0.717) is 18.5 Å². The summed E-state index contributed by atoms with van der Waals surface area (Å²) in [5.74, 6) is 0.977. The van der Waals surface area contributed by atoms with Gasteiger partial charge < -0.3 is 9.32 Å². The van der Waals surface area contributed by atoms with Crippen molar-refractivity contribution in [2.75, 3.05) is 20.1 Å². The fraction of sp³-hybridized carbons (Fsp3) is 0.615. The normalized spacial score (nSPS) is 26.9. The van der Waals surface area contributed by atoms with Gasteiger partial charge in [0.05, 0.1) is 25.3 Å². The fourth-order valence-corrected chi connectivity index (χ4v) is 2.35. The van der Waals surface area contributed by atoms with Gasteiger partial charge >= 0.3 is 0 Å². The first-order valence-electron chi connectivity index (χ1n) is 6.04. The number of piperazine rings is 1. The third kappa shape index (κ3) is 2.87. The van der Waals surface area contributed by atoms with Crippen LogP contribution in [0, 0.1) is 11.3 Å². The van der Waals surface area contributed by atoms with Gasteiger partial charge in [0.25, 0.3) is 0 Å². The molecule has 92 valence electrons. The van der Waals surface area contributed by atoms with Crippen molar-refractivity contribution < 1.29 is 4.42 Å². The predicted octanol–water partition coefficient (Wildman–Crippen LogP) is 1.70. The van der Waals surface area contributed by atoms with Crippen molar-refractivity contribution in [3.8, 4) is 6.07 Å². The van der Waals surface area contributed by atoms with Gasteiger partial charge in [-0.1, -0.05) is 0 Å². The van der Waals surface area contributed by atoms with E-state index in [4.69, 9.17) is 9.68 Å². The molecule has 0 aliphatic carbocycles. The molecule has 0 bridgehead atoms. The van der Waals surface area contributed by atoms with E-state index < -0.39 is 0 Å². The van der Waals surface area contributed by atoms with E-state index in [1.54, 1.807) is 6.26 Å². The first kappa shape index (κ1) is 12.2. The third-order valence-electron chi connectivity index (χ3n) is 3.53. The van der Waals surface area contributed by atoms with Gasteiger partial charge in [0, 0.05) is 25.2 Å². The summed E-state index contributed by atoms with van der Waals surface area (Å²) >= 11 is 0. The molecule has 4 heteroatoms. The number of nitriles is 1. The van der Waals surface area contributed by atoms with Crippen molar-refractivity contribution in [1.82, 2.24) is 9.80 Å². The lowest BCUT2D eigenvalue weighted by atomic mass is 10.1. The first-order chi connectivity index (χ1) is 8.20. The molecule has 1 aromatic heterocycles. The van der Waals surface area contributed by atoms with Crippen LogP contribution in [-0.2, 0) is 6.54 Å². The highest BCUT2D eigenvalue weighted by molar-refractivity contribution is 5.00. The van der Waals surface area contributed by atoms with Crippen LogP contribution in [0.5, 0.6) is 0 Å². The molecule has 4 nitrogen and oxygen atoms in total. The Hall–Kier alpha value is -1.31. The Kier molecular flexibility index (Phi) is 3.82. The zero-order chi connectivity index (χ0) is 12.3. The quantitative estimate of drug-likeness (QED) is 0.797. The molecule has 0 saturated carbocycles. The minimum absolute atomic E-state index is 0.311. The SMILES string of the molecule is CC1CN(Cc2ccco2)C(CC#N)CN1C. The summed E-state index contributed by atoms with van der Waals surface area (Å²) < 4.78 is 5.39. The van der Waals surface area contributed by atoms with Crippen LogP contribution in [0.3, 0.4) is 0 Å². The molecule has 1 aliphatic heterocycles. The van der Waals surface area contributed by atoms with E-state index in [0.717, 1.165) is 25.4 Å². The lowest BCUT2D eigenvalue weighted by Gasteiger charge is -2.42. The van der Waals surface area contributed by atoms with Crippen LogP contribution in [0.2, 0.25) is 0 Å². The van der Waals surface area contributed by atoms with Gasteiger partial charge in [-0.25, -0.2) is 0 Å². The Morgan fingerprint density at radius 2 is 2.35 bits per heavy atom. The molecule has 1 saturated heterocycles. The van der Waals surface area contributed by atoms with E-state index in [1.807, 2.05) is 12.1 Å². The molecule has 2 atom stereocenters. The minimum atomic E-state index is 0.311. The van der Waals surface area contributed by atoms with Crippen molar-refractivity contribution in [3.05, 3.63) is 24.2 Å². The van der Waals surface area contributed by atoms with Crippen LogP contribution >= 0.6 is 0 Å². The van der Waals surface area contributed by atoms with Crippen molar-refractivity contribution >= 4 is 0 Å². The predicted molar refractivity (Wildman–Crippen MR) is 65.2 cm³/mol. The molecule has 0 amide bonds. The Labute approximate surface area is 102 Å². The number of hydrogen-bond acceptors (Lipinski definition) is 4. The van der Waals surface area contributed by atoms with Crippen LogP contribution in [-0.4, -0.2) is 42.0 Å². The zero-order valence-corrected chi connectivity index (χ0v) is 10.5. The minimum Gasteiger partial charge on any atom is -0.468 e. The first-order valence-corrected chi connectivity index (χ1v) is 6.04. The second-order valence-electron chi connectivity index (χ2n) is 4.81. The second-order valence-corrected chi connectivity index (χ2v) is 4.81. The molecule has 1 fully saturated rings.